The molecule has 1 aromatic carbocycles. The van der Waals surface area contributed by atoms with Gasteiger partial charge in [-0.1, -0.05) is 31.9 Å². The topological polar surface area (TPSA) is 69.6 Å². The molecule has 162 valence electrons. The van der Waals surface area contributed by atoms with Crippen LogP contribution in [0.2, 0.25) is 0 Å². The van der Waals surface area contributed by atoms with Gasteiger partial charge in [-0.05, 0) is 76.9 Å². The molecule has 0 bridgehead atoms. The molecule has 0 fully saturated rings. The molecule has 0 aliphatic heterocycles. The molecule has 28 heavy (non-hydrogen) atoms. The summed E-state index contributed by atoms with van der Waals surface area (Å²) in [7, 11) is -3.29. The summed E-state index contributed by atoms with van der Waals surface area (Å²) < 4.78 is 38.3. The summed E-state index contributed by atoms with van der Waals surface area (Å²) in [6, 6.07) is 6.83. The van der Waals surface area contributed by atoms with Crippen LogP contribution in [-0.4, -0.2) is 50.0 Å². The highest BCUT2D eigenvalue weighted by Crippen LogP contribution is 2.21. The van der Waals surface area contributed by atoms with Crippen molar-refractivity contribution in [3.05, 3.63) is 29.8 Å². The minimum absolute atomic E-state index is 0.492. The first-order valence-electron chi connectivity index (χ1n) is 10.2. The van der Waals surface area contributed by atoms with Gasteiger partial charge in [0.25, 0.3) is 0 Å². The highest BCUT2D eigenvalue weighted by atomic mass is 32.2. The van der Waals surface area contributed by atoms with Crippen molar-refractivity contribution in [1.29, 1.82) is 0 Å². The molecule has 0 saturated carbocycles. The van der Waals surface area contributed by atoms with Gasteiger partial charge in [-0.3, -0.25) is 4.72 Å². The highest BCUT2D eigenvalue weighted by Gasteiger charge is 2.14. The lowest BCUT2D eigenvalue weighted by Gasteiger charge is -2.21. The predicted molar refractivity (Wildman–Crippen MR) is 115 cm³/mol. The Hall–Kier alpha value is -1.18. The van der Waals surface area contributed by atoms with Crippen LogP contribution in [0.25, 0.3) is 0 Å². The maximum atomic E-state index is 13.5. The molecule has 0 aliphatic carbocycles. The number of rotatable bonds is 14. The van der Waals surface area contributed by atoms with E-state index in [-0.39, 0.29) is 0 Å². The fourth-order valence-corrected chi connectivity index (χ4v) is 3.71. The number of nitrogens with zero attached hydrogens (tertiary/aromatic N) is 1. The van der Waals surface area contributed by atoms with Gasteiger partial charge in [0.2, 0.25) is 10.0 Å². The lowest BCUT2D eigenvalue weighted by Crippen LogP contribution is -2.26. The van der Waals surface area contributed by atoms with E-state index in [0.29, 0.717) is 18.5 Å². The summed E-state index contributed by atoms with van der Waals surface area (Å²) in [6.45, 7) is 8.30. The second-order valence-electron chi connectivity index (χ2n) is 8.12. The van der Waals surface area contributed by atoms with Crippen LogP contribution in [0.15, 0.2) is 24.3 Å². The quantitative estimate of drug-likeness (QED) is 0.438. The summed E-state index contributed by atoms with van der Waals surface area (Å²) in [5, 5.41) is 10.4. The van der Waals surface area contributed by atoms with E-state index in [2.05, 4.69) is 16.5 Å². The summed E-state index contributed by atoms with van der Waals surface area (Å²) in [4.78, 5) is 2.37. The zero-order valence-electron chi connectivity index (χ0n) is 17.7. The minimum Gasteiger partial charge on any atom is -0.388 e. The summed E-state index contributed by atoms with van der Waals surface area (Å²) in [5.74, 6) is 0. The van der Waals surface area contributed by atoms with E-state index in [9.17, 15) is 17.9 Å². The summed E-state index contributed by atoms with van der Waals surface area (Å²) in [5.41, 5.74) is 0.210. The number of benzene rings is 1. The van der Waals surface area contributed by atoms with Crippen molar-refractivity contribution in [3.63, 3.8) is 0 Å². The van der Waals surface area contributed by atoms with Crippen LogP contribution in [0.5, 0.6) is 0 Å². The Bertz CT molecular complexity index is 657. The van der Waals surface area contributed by atoms with Crippen molar-refractivity contribution in [2.24, 2.45) is 0 Å². The van der Waals surface area contributed by atoms with Crippen molar-refractivity contribution in [1.82, 2.24) is 4.90 Å². The molecule has 0 radical (unpaired) electrons. The van der Waals surface area contributed by atoms with Gasteiger partial charge in [0.05, 0.1) is 12.4 Å². The average molecular weight is 417 g/mol. The maximum absolute atomic E-state index is 13.5. The van der Waals surface area contributed by atoms with Gasteiger partial charge < -0.3 is 10.0 Å². The molecule has 1 aromatic rings. The van der Waals surface area contributed by atoms with E-state index in [0.717, 1.165) is 57.1 Å². The molecular formula is C21H37FN2O3S. The highest BCUT2D eigenvalue weighted by molar-refractivity contribution is 7.92. The molecule has 1 atom stereocenters. The normalized spacial score (nSPS) is 13.7. The molecule has 7 heteroatoms. The van der Waals surface area contributed by atoms with E-state index in [1.165, 1.54) is 0 Å². The number of aliphatic hydroxyl groups excluding tert-OH is 1. The van der Waals surface area contributed by atoms with Crippen LogP contribution in [0.1, 0.15) is 71.0 Å². The number of nitrogens with one attached hydrogen (secondary N) is 1. The Morgan fingerprint density at radius 2 is 1.71 bits per heavy atom. The van der Waals surface area contributed by atoms with Crippen LogP contribution in [0.4, 0.5) is 10.1 Å². The predicted octanol–water partition coefficient (Wildman–Crippen LogP) is 4.50. The Kier molecular flexibility index (Phi) is 10.4. The zero-order chi connectivity index (χ0) is 21.2. The number of alkyl halides is 1. The van der Waals surface area contributed by atoms with Crippen molar-refractivity contribution >= 4 is 15.7 Å². The molecule has 0 heterocycles. The minimum atomic E-state index is -3.29. The van der Waals surface area contributed by atoms with E-state index >= 15 is 0 Å². The van der Waals surface area contributed by atoms with Crippen LogP contribution in [0.3, 0.4) is 0 Å². The van der Waals surface area contributed by atoms with E-state index in [4.69, 9.17) is 0 Å². The van der Waals surface area contributed by atoms with Crippen LogP contribution in [-0.2, 0) is 10.0 Å². The number of sulfonamides is 1. The molecular weight excluding hydrogens is 379 g/mol. The smallest absolute Gasteiger partial charge is 0.229 e. The Balaban J connectivity index is 2.30. The van der Waals surface area contributed by atoms with Gasteiger partial charge in [-0.25, -0.2) is 12.8 Å². The number of hydrogen-bond acceptors (Lipinski definition) is 4. The fourth-order valence-electron chi connectivity index (χ4n) is 3.15. The lowest BCUT2D eigenvalue weighted by atomic mass is 10.0. The molecule has 0 aliphatic rings. The van der Waals surface area contributed by atoms with Gasteiger partial charge >= 0.3 is 0 Å². The third-order valence-electron chi connectivity index (χ3n) is 4.74. The molecule has 1 rings (SSSR count). The first kappa shape index (κ1) is 24.9. The molecule has 0 unspecified atom stereocenters. The summed E-state index contributed by atoms with van der Waals surface area (Å²) in [6.07, 6.45) is 5.74. The first-order valence-corrected chi connectivity index (χ1v) is 12.1. The monoisotopic (exact) mass is 416 g/mol. The number of aliphatic hydroxyl groups is 1. The molecule has 0 aromatic heterocycles. The molecule has 0 amide bonds. The lowest BCUT2D eigenvalue weighted by molar-refractivity contribution is 0.155. The number of hydrogen-bond donors (Lipinski definition) is 2. The van der Waals surface area contributed by atoms with E-state index < -0.39 is 21.8 Å². The molecule has 0 saturated heterocycles. The maximum Gasteiger partial charge on any atom is 0.229 e. The summed E-state index contributed by atoms with van der Waals surface area (Å²) >= 11 is 0. The SMILES string of the molecule is CCN(CCCCCC(C)(C)F)CCC[C@H](O)c1ccc(NS(C)(=O)=O)cc1. The second kappa shape index (κ2) is 11.7. The Morgan fingerprint density at radius 3 is 2.25 bits per heavy atom. The third kappa shape index (κ3) is 11.6. The van der Waals surface area contributed by atoms with Crippen LogP contribution >= 0.6 is 0 Å². The van der Waals surface area contributed by atoms with Crippen molar-refractivity contribution in [2.45, 2.75) is 71.1 Å². The van der Waals surface area contributed by atoms with Gasteiger partial charge in [-0.15, -0.1) is 0 Å². The average Bonchev–Trinajstić information content (AvgIpc) is 2.58. The van der Waals surface area contributed by atoms with Gasteiger partial charge in [0.15, 0.2) is 0 Å². The fraction of sp³-hybridized carbons (Fsp3) is 0.714. The van der Waals surface area contributed by atoms with E-state index in [1.54, 1.807) is 38.1 Å². The van der Waals surface area contributed by atoms with Crippen molar-refractivity contribution in [3.8, 4) is 0 Å². The molecule has 0 spiro atoms. The standard InChI is InChI=1S/C21H37FN2O3S/c1-5-24(16-8-6-7-15-21(2,3)22)17-9-10-20(25)18-11-13-19(14-12-18)23-28(4,26)27/h11-14,20,23,25H,5-10,15-17H2,1-4H3/t20-/m0/s1. The second-order valence-corrected chi connectivity index (χ2v) is 9.87. The number of halogens is 1. The molecule has 2 N–H and O–H groups in total. The zero-order valence-corrected chi connectivity index (χ0v) is 18.6. The first-order chi connectivity index (χ1) is 13.0. The Labute approximate surface area is 170 Å². The van der Waals surface area contributed by atoms with Crippen molar-refractivity contribution in [2.75, 3.05) is 30.6 Å². The Morgan fingerprint density at radius 1 is 1.11 bits per heavy atom. The third-order valence-corrected chi connectivity index (χ3v) is 5.35. The molecule has 5 nitrogen and oxygen atoms in total. The van der Waals surface area contributed by atoms with Gasteiger partial charge in [0.1, 0.15) is 5.67 Å². The largest absolute Gasteiger partial charge is 0.388 e. The van der Waals surface area contributed by atoms with E-state index in [1.807, 2.05) is 0 Å². The van der Waals surface area contributed by atoms with Crippen molar-refractivity contribution < 1.29 is 17.9 Å². The van der Waals surface area contributed by atoms with Crippen LogP contribution < -0.4 is 4.72 Å². The van der Waals surface area contributed by atoms with Crippen LogP contribution in [0, 0.1) is 0 Å². The number of anilines is 1. The number of unbranched alkanes of at least 4 members (excludes halogenated alkanes) is 2. The van der Waals surface area contributed by atoms with Gasteiger partial charge in [0, 0.05) is 5.69 Å². The van der Waals surface area contributed by atoms with Gasteiger partial charge in [-0.2, -0.15) is 0 Å².